The van der Waals surface area contributed by atoms with Gasteiger partial charge >= 0.3 is 5.97 Å². The number of nitrogens with two attached hydrogens (primary N) is 1. The Balaban J connectivity index is 2.56. The van der Waals surface area contributed by atoms with Crippen molar-refractivity contribution in [3.05, 3.63) is 12.4 Å². The maximum Gasteiger partial charge on any atom is 0.332 e. The summed E-state index contributed by atoms with van der Waals surface area (Å²) >= 11 is 0. The van der Waals surface area contributed by atoms with Gasteiger partial charge in [0.15, 0.2) is 6.04 Å². The quantitative estimate of drug-likeness (QED) is 0.482. The fraction of sp³-hybridized carbons (Fsp3) is 0.375. The number of anilines is 1. The number of ether oxygens (including phenoxy) is 1. The first-order valence-corrected chi connectivity index (χ1v) is 4.52. The zero-order valence-corrected chi connectivity index (χ0v) is 8.58. The lowest BCUT2D eigenvalue weighted by Crippen LogP contribution is -2.43. The van der Waals surface area contributed by atoms with Crippen molar-refractivity contribution in [3.8, 4) is 0 Å². The summed E-state index contributed by atoms with van der Waals surface area (Å²) in [7, 11) is 0. The van der Waals surface area contributed by atoms with E-state index < -0.39 is 17.9 Å². The van der Waals surface area contributed by atoms with E-state index in [1.54, 1.807) is 6.92 Å². The molecule has 0 saturated heterocycles. The fourth-order valence-electron chi connectivity index (χ4n) is 0.832. The Morgan fingerprint density at radius 3 is 2.88 bits per heavy atom. The Hall–Kier alpha value is -2.09. The van der Waals surface area contributed by atoms with Crippen molar-refractivity contribution in [3.63, 3.8) is 0 Å². The van der Waals surface area contributed by atoms with Gasteiger partial charge in [-0.05, 0) is 6.92 Å². The average molecular weight is 225 g/mol. The van der Waals surface area contributed by atoms with Gasteiger partial charge in [0.2, 0.25) is 5.95 Å². The van der Waals surface area contributed by atoms with Gasteiger partial charge in [0.1, 0.15) is 0 Å². The molecule has 8 heteroatoms. The number of carbonyl (C=O) groups excluding carboxylic acids is 2. The van der Waals surface area contributed by atoms with Crippen molar-refractivity contribution in [1.82, 2.24) is 15.2 Å². The summed E-state index contributed by atoms with van der Waals surface area (Å²) in [4.78, 5) is 26.2. The Bertz CT molecular complexity index is 369. The van der Waals surface area contributed by atoms with E-state index in [0.29, 0.717) is 0 Å². The van der Waals surface area contributed by atoms with Crippen LogP contribution in [-0.2, 0) is 14.3 Å². The highest BCUT2D eigenvalue weighted by Gasteiger charge is 2.23. The molecule has 1 atom stereocenters. The third-order valence-corrected chi connectivity index (χ3v) is 1.54. The van der Waals surface area contributed by atoms with E-state index in [-0.39, 0.29) is 12.6 Å². The maximum atomic E-state index is 11.4. The number of hydrogen-bond acceptors (Lipinski definition) is 7. The number of carbonyl (C=O) groups is 2. The van der Waals surface area contributed by atoms with Crippen LogP contribution in [-0.4, -0.2) is 39.7 Å². The monoisotopic (exact) mass is 225 g/mol. The van der Waals surface area contributed by atoms with Gasteiger partial charge in [-0.15, -0.1) is 5.10 Å². The van der Waals surface area contributed by atoms with Gasteiger partial charge in [0, 0.05) is 0 Å². The predicted molar refractivity (Wildman–Crippen MR) is 53.1 cm³/mol. The molecular formula is C8H11N5O3. The molecule has 0 aromatic carbocycles. The minimum absolute atomic E-state index is 0.0211. The van der Waals surface area contributed by atoms with Gasteiger partial charge in [-0.2, -0.15) is 5.10 Å². The molecule has 16 heavy (non-hydrogen) atoms. The van der Waals surface area contributed by atoms with Crippen LogP contribution >= 0.6 is 0 Å². The summed E-state index contributed by atoms with van der Waals surface area (Å²) < 4.78 is 4.58. The van der Waals surface area contributed by atoms with Crippen LogP contribution in [0.25, 0.3) is 0 Å². The minimum Gasteiger partial charge on any atom is -0.464 e. The topological polar surface area (TPSA) is 120 Å². The molecule has 0 aliphatic heterocycles. The molecule has 0 aliphatic rings. The van der Waals surface area contributed by atoms with E-state index in [1.165, 1.54) is 12.4 Å². The van der Waals surface area contributed by atoms with E-state index in [4.69, 9.17) is 5.73 Å². The molecular weight excluding hydrogens is 214 g/mol. The summed E-state index contributed by atoms with van der Waals surface area (Å²) in [5.41, 5.74) is 5.33. The molecule has 0 saturated carbocycles. The SMILES string of the molecule is CCOC(=O)C(N)C(=O)Nc1nccnn1. The second-order valence-corrected chi connectivity index (χ2v) is 2.69. The molecule has 0 spiro atoms. The number of esters is 1. The molecule has 3 N–H and O–H groups in total. The van der Waals surface area contributed by atoms with Gasteiger partial charge in [0.25, 0.3) is 5.91 Å². The number of nitrogens with one attached hydrogen (secondary N) is 1. The van der Waals surface area contributed by atoms with Gasteiger partial charge in [-0.25, -0.2) is 9.78 Å². The van der Waals surface area contributed by atoms with Crippen LogP contribution in [0, 0.1) is 0 Å². The number of amides is 1. The van der Waals surface area contributed by atoms with Crippen molar-refractivity contribution >= 4 is 17.8 Å². The normalized spacial score (nSPS) is 11.6. The summed E-state index contributed by atoms with van der Waals surface area (Å²) in [5, 5.41) is 9.23. The second-order valence-electron chi connectivity index (χ2n) is 2.69. The number of nitrogens with zero attached hydrogens (tertiary/aromatic N) is 3. The lowest BCUT2D eigenvalue weighted by atomic mass is 10.3. The van der Waals surface area contributed by atoms with Crippen molar-refractivity contribution in [2.75, 3.05) is 11.9 Å². The van der Waals surface area contributed by atoms with E-state index >= 15 is 0 Å². The molecule has 0 bridgehead atoms. The molecule has 0 radical (unpaired) electrons. The molecule has 1 amide bonds. The van der Waals surface area contributed by atoms with Crippen LogP contribution < -0.4 is 11.1 Å². The largest absolute Gasteiger partial charge is 0.464 e. The summed E-state index contributed by atoms with van der Waals surface area (Å²) in [6.45, 7) is 1.77. The molecule has 1 aromatic rings. The second kappa shape index (κ2) is 5.71. The molecule has 1 heterocycles. The zero-order chi connectivity index (χ0) is 12.0. The van der Waals surface area contributed by atoms with Crippen molar-refractivity contribution in [2.45, 2.75) is 13.0 Å². The highest BCUT2D eigenvalue weighted by molar-refractivity contribution is 6.07. The van der Waals surface area contributed by atoms with Crippen LogP contribution in [0.15, 0.2) is 12.4 Å². The van der Waals surface area contributed by atoms with Gasteiger partial charge < -0.3 is 10.5 Å². The molecule has 8 nitrogen and oxygen atoms in total. The van der Waals surface area contributed by atoms with Crippen molar-refractivity contribution < 1.29 is 14.3 Å². The van der Waals surface area contributed by atoms with Crippen molar-refractivity contribution in [1.29, 1.82) is 0 Å². The molecule has 1 rings (SSSR count). The van der Waals surface area contributed by atoms with Crippen LogP contribution in [0.5, 0.6) is 0 Å². The Kier molecular flexibility index (Phi) is 4.28. The highest BCUT2D eigenvalue weighted by Crippen LogP contribution is 1.95. The van der Waals surface area contributed by atoms with E-state index in [1.807, 2.05) is 0 Å². The smallest absolute Gasteiger partial charge is 0.332 e. The molecule has 1 unspecified atom stereocenters. The van der Waals surface area contributed by atoms with Crippen molar-refractivity contribution in [2.24, 2.45) is 5.73 Å². The standard InChI is InChI=1S/C8H11N5O3/c1-2-16-7(15)5(9)6(14)12-8-10-3-4-11-13-8/h3-5H,2,9H2,1H3,(H,10,12,13,14). The first kappa shape index (κ1) is 12.0. The van der Waals surface area contributed by atoms with Crippen LogP contribution in [0.3, 0.4) is 0 Å². The number of rotatable bonds is 4. The van der Waals surface area contributed by atoms with E-state index in [9.17, 15) is 9.59 Å². The predicted octanol–water partition coefficient (Wildman–Crippen LogP) is -1.30. The highest BCUT2D eigenvalue weighted by atomic mass is 16.5. The molecule has 86 valence electrons. The van der Waals surface area contributed by atoms with Gasteiger partial charge in [-0.1, -0.05) is 0 Å². The summed E-state index contributed by atoms with van der Waals surface area (Å²) in [6.07, 6.45) is 2.69. The summed E-state index contributed by atoms with van der Waals surface area (Å²) in [6, 6.07) is -1.40. The summed E-state index contributed by atoms with van der Waals surface area (Å²) in [5.74, 6) is -1.57. The van der Waals surface area contributed by atoms with Gasteiger partial charge in [0.05, 0.1) is 19.0 Å². The lowest BCUT2D eigenvalue weighted by Gasteiger charge is -2.09. The molecule has 0 aliphatic carbocycles. The lowest BCUT2D eigenvalue weighted by molar-refractivity contribution is -0.146. The third-order valence-electron chi connectivity index (χ3n) is 1.54. The molecule has 0 fully saturated rings. The van der Waals surface area contributed by atoms with Gasteiger partial charge in [-0.3, -0.25) is 10.1 Å². The van der Waals surface area contributed by atoms with Crippen LogP contribution in [0.1, 0.15) is 6.92 Å². The fourth-order valence-corrected chi connectivity index (χ4v) is 0.832. The molecule has 1 aromatic heterocycles. The van der Waals surface area contributed by atoms with Crippen LogP contribution in [0.4, 0.5) is 5.95 Å². The maximum absolute atomic E-state index is 11.4. The first-order valence-electron chi connectivity index (χ1n) is 4.52. The minimum atomic E-state index is -1.40. The van der Waals surface area contributed by atoms with Crippen LogP contribution in [0.2, 0.25) is 0 Å². The Labute approximate surface area is 91.2 Å². The average Bonchev–Trinajstić information content (AvgIpc) is 2.29. The Morgan fingerprint density at radius 2 is 2.31 bits per heavy atom. The first-order chi connectivity index (χ1) is 7.65. The Morgan fingerprint density at radius 1 is 1.56 bits per heavy atom. The van der Waals surface area contributed by atoms with E-state index in [2.05, 4.69) is 25.2 Å². The number of aromatic nitrogens is 3. The van der Waals surface area contributed by atoms with E-state index in [0.717, 1.165) is 0 Å². The zero-order valence-electron chi connectivity index (χ0n) is 8.58. The number of hydrogen-bond donors (Lipinski definition) is 2. The third kappa shape index (κ3) is 3.24.